The quantitative estimate of drug-likeness (QED) is 0.681. The van der Waals surface area contributed by atoms with Crippen LogP contribution in [0.1, 0.15) is 47.6 Å². The van der Waals surface area contributed by atoms with E-state index in [-0.39, 0.29) is 42.6 Å². The average Bonchev–Trinajstić information content (AvgIpc) is 2.69. The van der Waals surface area contributed by atoms with Gasteiger partial charge in [-0.25, -0.2) is 9.37 Å². The molecule has 28 heavy (non-hydrogen) atoms. The molecule has 0 radical (unpaired) electrons. The van der Waals surface area contributed by atoms with E-state index in [1.165, 1.54) is 31.4 Å². The van der Waals surface area contributed by atoms with Crippen LogP contribution in [0.5, 0.6) is 5.88 Å². The Labute approximate surface area is 162 Å². The average molecular weight is 386 g/mol. The van der Waals surface area contributed by atoms with Crippen molar-refractivity contribution in [3.05, 3.63) is 59.5 Å². The maximum absolute atomic E-state index is 13.0. The van der Waals surface area contributed by atoms with E-state index in [4.69, 9.17) is 4.74 Å². The molecule has 0 aliphatic heterocycles. The molecular weight excluding hydrogens is 363 g/mol. The Hall–Kier alpha value is -2.80. The molecule has 1 atom stereocenters. The fourth-order valence-corrected chi connectivity index (χ4v) is 3.32. The molecule has 2 N–H and O–H groups in total. The van der Waals surface area contributed by atoms with Crippen LogP contribution in [0.4, 0.5) is 4.39 Å². The summed E-state index contributed by atoms with van der Waals surface area (Å²) in [4.78, 5) is 28.8. The fraction of sp³-hybridized carbons (Fsp3) is 0.381. The highest BCUT2D eigenvalue weighted by Crippen LogP contribution is 2.38. The van der Waals surface area contributed by atoms with Crippen molar-refractivity contribution in [3.8, 4) is 5.88 Å². The summed E-state index contributed by atoms with van der Waals surface area (Å²) in [6.45, 7) is 0. The van der Waals surface area contributed by atoms with E-state index >= 15 is 0 Å². The maximum Gasteiger partial charge on any atom is 0.220 e. The van der Waals surface area contributed by atoms with Crippen molar-refractivity contribution < 1.29 is 23.8 Å². The number of nitrogens with zero attached hydrogens (tertiary/aromatic N) is 1. The van der Waals surface area contributed by atoms with Crippen molar-refractivity contribution in [1.29, 1.82) is 0 Å². The number of nitrogens with one attached hydrogen (secondary N) is 1. The molecule has 1 amide bonds. The molecular formula is C21H23FN2O4. The summed E-state index contributed by atoms with van der Waals surface area (Å²) in [6.07, 6.45) is 2.58. The third-order valence-electron chi connectivity index (χ3n) is 5.01. The topological polar surface area (TPSA) is 88.5 Å². The van der Waals surface area contributed by atoms with Crippen molar-refractivity contribution in [1.82, 2.24) is 10.3 Å². The molecule has 1 aliphatic rings. The second-order valence-electron chi connectivity index (χ2n) is 6.99. The highest BCUT2D eigenvalue weighted by atomic mass is 19.1. The first-order valence-corrected chi connectivity index (χ1v) is 9.22. The first-order chi connectivity index (χ1) is 13.5. The number of halogens is 1. The number of amides is 1. The highest BCUT2D eigenvalue weighted by Gasteiger charge is 2.35. The zero-order valence-electron chi connectivity index (χ0n) is 15.6. The number of aliphatic hydroxyl groups excluding tert-OH is 1. The second kappa shape index (κ2) is 8.93. The lowest BCUT2D eigenvalue weighted by molar-refractivity contribution is -0.123. The first-order valence-electron chi connectivity index (χ1n) is 9.22. The number of aromatic nitrogens is 1. The van der Waals surface area contributed by atoms with Crippen molar-refractivity contribution in [3.63, 3.8) is 0 Å². The van der Waals surface area contributed by atoms with Gasteiger partial charge in [0.2, 0.25) is 11.8 Å². The molecule has 1 aliphatic carbocycles. The van der Waals surface area contributed by atoms with Crippen molar-refractivity contribution >= 4 is 11.7 Å². The predicted octanol–water partition coefficient (Wildman–Crippen LogP) is 2.82. The van der Waals surface area contributed by atoms with Gasteiger partial charge >= 0.3 is 0 Å². The summed E-state index contributed by atoms with van der Waals surface area (Å²) in [5.41, 5.74) is 1.21. The van der Waals surface area contributed by atoms with Gasteiger partial charge in [0.05, 0.1) is 19.3 Å². The molecule has 0 unspecified atom stereocenters. The van der Waals surface area contributed by atoms with Crippen LogP contribution in [0.2, 0.25) is 0 Å². The molecule has 6 nitrogen and oxygen atoms in total. The third-order valence-corrected chi connectivity index (χ3v) is 5.01. The zero-order valence-corrected chi connectivity index (χ0v) is 15.6. The fourth-order valence-electron chi connectivity index (χ4n) is 3.32. The van der Waals surface area contributed by atoms with Crippen molar-refractivity contribution in [2.45, 2.75) is 37.8 Å². The van der Waals surface area contributed by atoms with Gasteiger partial charge in [0.25, 0.3) is 0 Å². The van der Waals surface area contributed by atoms with Gasteiger partial charge in [-0.15, -0.1) is 0 Å². The van der Waals surface area contributed by atoms with E-state index in [9.17, 15) is 19.1 Å². The number of pyridine rings is 1. The third kappa shape index (κ3) is 4.92. The number of ketones is 1. The molecule has 3 rings (SSSR count). The zero-order chi connectivity index (χ0) is 20.1. The Kier molecular flexibility index (Phi) is 6.36. The standard InChI is InChI=1S/C21H23FN2O4/c1-28-20-9-4-14(12-23-20)21(15-10-17(25)11-15)24-19(27)8-7-18(26)13-2-5-16(22)6-3-13/h2-6,9,12,15,17,21,25H,7-8,10-11H2,1H3,(H,24,27)/t15?,17?,21-/m0/s1. The monoisotopic (exact) mass is 386 g/mol. The molecule has 0 spiro atoms. The van der Waals surface area contributed by atoms with Crippen LogP contribution in [-0.2, 0) is 4.79 Å². The van der Waals surface area contributed by atoms with Gasteiger partial charge < -0.3 is 15.2 Å². The van der Waals surface area contributed by atoms with E-state index < -0.39 is 5.82 Å². The minimum atomic E-state index is -0.409. The minimum Gasteiger partial charge on any atom is -0.481 e. The molecule has 1 aromatic heterocycles. The number of hydrogen-bond donors (Lipinski definition) is 2. The Morgan fingerprint density at radius 2 is 1.93 bits per heavy atom. The van der Waals surface area contributed by atoms with Crippen LogP contribution in [-0.4, -0.2) is 35.0 Å². The van der Waals surface area contributed by atoms with Gasteiger partial charge in [-0.1, -0.05) is 6.07 Å². The lowest BCUT2D eigenvalue weighted by Gasteiger charge is -2.38. The Morgan fingerprint density at radius 1 is 1.21 bits per heavy atom. The molecule has 1 heterocycles. The summed E-state index contributed by atoms with van der Waals surface area (Å²) in [5, 5.41) is 12.6. The Morgan fingerprint density at radius 3 is 2.50 bits per heavy atom. The summed E-state index contributed by atoms with van der Waals surface area (Å²) < 4.78 is 18.0. The van der Waals surface area contributed by atoms with Crippen molar-refractivity contribution in [2.24, 2.45) is 5.92 Å². The number of benzene rings is 1. The number of Topliss-reactive ketones (excluding diaryl/α,β-unsaturated/α-hetero) is 1. The molecule has 2 aromatic rings. The van der Waals surface area contributed by atoms with Crippen LogP contribution in [0.3, 0.4) is 0 Å². The largest absolute Gasteiger partial charge is 0.481 e. The predicted molar refractivity (Wildman–Crippen MR) is 100 cm³/mol. The molecule has 1 saturated carbocycles. The van der Waals surface area contributed by atoms with Crippen LogP contribution in [0.25, 0.3) is 0 Å². The van der Waals surface area contributed by atoms with Gasteiger partial charge in [0.15, 0.2) is 5.78 Å². The van der Waals surface area contributed by atoms with E-state index in [0.29, 0.717) is 24.3 Å². The SMILES string of the molecule is COc1ccc([C@H](NC(=O)CCC(=O)c2ccc(F)cc2)C2CC(O)C2)cn1. The number of ether oxygens (including phenoxy) is 1. The highest BCUT2D eigenvalue weighted by molar-refractivity contribution is 5.97. The van der Waals surface area contributed by atoms with E-state index in [1.54, 1.807) is 12.3 Å². The maximum atomic E-state index is 13.0. The van der Waals surface area contributed by atoms with Gasteiger partial charge in [-0.2, -0.15) is 0 Å². The van der Waals surface area contributed by atoms with Crippen LogP contribution < -0.4 is 10.1 Å². The molecule has 1 aromatic carbocycles. The summed E-state index contributed by atoms with van der Waals surface area (Å²) in [6, 6.07) is 8.56. The van der Waals surface area contributed by atoms with Crippen LogP contribution in [0.15, 0.2) is 42.6 Å². The minimum absolute atomic E-state index is 0.0333. The summed E-state index contributed by atoms with van der Waals surface area (Å²) in [5.74, 6) is -0.281. The first kappa shape index (κ1) is 19.9. The Balaban J connectivity index is 1.60. The lowest BCUT2D eigenvalue weighted by Crippen LogP contribution is -2.41. The number of carbonyl (C=O) groups excluding carboxylic acids is 2. The smallest absolute Gasteiger partial charge is 0.220 e. The van der Waals surface area contributed by atoms with E-state index in [2.05, 4.69) is 10.3 Å². The van der Waals surface area contributed by atoms with Gasteiger partial charge in [0.1, 0.15) is 5.82 Å². The number of methoxy groups -OCH3 is 1. The van der Waals surface area contributed by atoms with Gasteiger partial charge in [-0.3, -0.25) is 9.59 Å². The lowest BCUT2D eigenvalue weighted by atomic mass is 9.75. The van der Waals surface area contributed by atoms with E-state index in [0.717, 1.165) is 5.56 Å². The number of hydrogen-bond acceptors (Lipinski definition) is 5. The molecule has 0 saturated heterocycles. The number of rotatable bonds is 8. The second-order valence-corrected chi connectivity index (χ2v) is 6.99. The molecule has 1 fully saturated rings. The summed E-state index contributed by atoms with van der Waals surface area (Å²) >= 11 is 0. The molecule has 148 valence electrons. The molecule has 0 bridgehead atoms. The summed E-state index contributed by atoms with van der Waals surface area (Å²) in [7, 11) is 1.53. The van der Waals surface area contributed by atoms with Crippen molar-refractivity contribution in [2.75, 3.05) is 7.11 Å². The normalized spacial score (nSPS) is 19.4. The number of carbonyl (C=O) groups is 2. The van der Waals surface area contributed by atoms with Gasteiger partial charge in [0, 0.05) is 30.7 Å². The van der Waals surface area contributed by atoms with Crippen LogP contribution in [0, 0.1) is 11.7 Å². The van der Waals surface area contributed by atoms with Crippen LogP contribution >= 0.6 is 0 Å². The van der Waals surface area contributed by atoms with Gasteiger partial charge in [-0.05, 0) is 48.6 Å². The Bertz CT molecular complexity index is 817. The van der Waals surface area contributed by atoms with E-state index in [1.807, 2.05) is 6.07 Å². The number of aliphatic hydroxyl groups is 1. The molecule has 7 heteroatoms.